The molecule has 0 spiro atoms. The molecule has 1 aromatic carbocycles. The fourth-order valence-corrected chi connectivity index (χ4v) is 5.13. The smallest absolute Gasteiger partial charge is 0.312 e. The molecule has 1 aromatic rings. The number of benzene rings is 1. The summed E-state index contributed by atoms with van der Waals surface area (Å²) in [5.74, 6) is -0.550. The molecule has 1 aliphatic heterocycles. The molecule has 0 aromatic heterocycles. The second-order valence-electron chi connectivity index (χ2n) is 7.28. The van der Waals surface area contributed by atoms with Crippen LogP contribution in [0.5, 0.6) is 0 Å². The molecule has 2 fully saturated rings. The van der Waals surface area contributed by atoms with Crippen LogP contribution in [0.2, 0.25) is 0 Å². The topological polar surface area (TPSA) is 103 Å². The zero-order chi connectivity index (χ0) is 20.5. The van der Waals surface area contributed by atoms with E-state index in [2.05, 4.69) is 22.5 Å². The molecule has 152 valence electrons. The standard InChI is InChI=1S/C19H22BrNO6S/c1-3-12-9-19(12,18(23)26-2)10-17(22)16-8-14(11-21-16)27-28(24,25)15-6-4-13(20)5-7-15/h3-7,12,14,16,21H,1,8-11H2,2H3/p+1/t12?,14-,16-,19+/m0/s1. The highest BCUT2D eigenvalue weighted by Gasteiger charge is 2.61. The SMILES string of the molecule is C=CC1C[C@]1(CC(=O)[C@@H]1C[C@H](OS(=O)(=O)c2ccc(Br)cc2)C[NH2+]1)C(=O)OC. The number of esters is 1. The van der Waals surface area contributed by atoms with Crippen LogP contribution in [0.15, 0.2) is 46.3 Å². The Balaban J connectivity index is 1.60. The van der Waals surface area contributed by atoms with Gasteiger partial charge in [-0.3, -0.25) is 13.8 Å². The number of ether oxygens (including phenoxy) is 1. The van der Waals surface area contributed by atoms with Crippen LogP contribution >= 0.6 is 15.9 Å². The number of nitrogens with two attached hydrogens (primary N) is 1. The van der Waals surface area contributed by atoms with Crippen molar-refractivity contribution in [2.75, 3.05) is 13.7 Å². The average Bonchev–Trinajstić information content (AvgIpc) is 3.18. The lowest BCUT2D eigenvalue weighted by Gasteiger charge is -2.15. The summed E-state index contributed by atoms with van der Waals surface area (Å²) in [5.41, 5.74) is -0.816. The van der Waals surface area contributed by atoms with E-state index in [0.29, 0.717) is 13.0 Å². The summed E-state index contributed by atoms with van der Waals surface area (Å²) >= 11 is 3.26. The van der Waals surface area contributed by atoms with Gasteiger partial charge in [0, 0.05) is 17.3 Å². The maximum absolute atomic E-state index is 12.7. The minimum Gasteiger partial charge on any atom is -0.469 e. The molecular formula is C19H23BrNO6S+. The Morgan fingerprint density at radius 2 is 2.04 bits per heavy atom. The molecule has 2 N–H and O–H groups in total. The monoisotopic (exact) mass is 472 g/mol. The number of halogens is 1. The van der Waals surface area contributed by atoms with Gasteiger partial charge in [-0.05, 0) is 36.6 Å². The summed E-state index contributed by atoms with van der Waals surface area (Å²) in [6.45, 7) is 4.07. The van der Waals surface area contributed by atoms with Crippen LogP contribution < -0.4 is 5.32 Å². The van der Waals surface area contributed by atoms with Crippen molar-refractivity contribution in [1.82, 2.24) is 0 Å². The maximum Gasteiger partial charge on any atom is 0.312 e. The Morgan fingerprint density at radius 3 is 2.61 bits per heavy atom. The Bertz CT molecular complexity index is 884. The van der Waals surface area contributed by atoms with E-state index in [1.165, 1.54) is 19.2 Å². The third-order valence-corrected chi connectivity index (χ3v) is 7.38. The van der Waals surface area contributed by atoms with E-state index >= 15 is 0 Å². The molecule has 3 rings (SSSR count). The van der Waals surface area contributed by atoms with Crippen LogP contribution in [-0.4, -0.2) is 46.0 Å². The largest absolute Gasteiger partial charge is 0.469 e. The second-order valence-corrected chi connectivity index (χ2v) is 9.76. The molecule has 0 radical (unpaired) electrons. The van der Waals surface area contributed by atoms with Gasteiger partial charge in [-0.1, -0.05) is 22.0 Å². The van der Waals surface area contributed by atoms with E-state index in [-0.39, 0.29) is 29.4 Å². The first kappa shape index (κ1) is 21.2. The normalized spacial score (nSPS) is 29.3. The Kier molecular flexibility index (Phi) is 6.09. The molecule has 0 amide bonds. The molecule has 4 atom stereocenters. The predicted molar refractivity (Wildman–Crippen MR) is 104 cm³/mol. The number of rotatable bonds is 8. The van der Waals surface area contributed by atoms with E-state index < -0.39 is 33.6 Å². The van der Waals surface area contributed by atoms with Gasteiger partial charge < -0.3 is 10.1 Å². The molecule has 1 saturated carbocycles. The first-order valence-corrected chi connectivity index (χ1v) is 11.2. The third kappa shape index (κ3) is 4.22. The first-order chi connectivity index (χ1) is 13.2. The van der Waals surface area contributed by atoms with Crippen LogP contribution in [0.3, 0.4) is 0 Å². The van der Waals surface area contributed by atoms with Crippen LogP contribution in [0.25, 0.3) is 0 Å². The molecule has 2 aliphatic rings. The van der Waals surface area contributed by atoms with Crippen molar-refractivity contribution in [2.24, 2.45) is 11.3 Å². The molecule has 0 bridgehead atoms. The van der Waals surface area contributed by atoms with E-state index in [4.69, 9.17) is 8.92 Å². The Hall–Kier alpha value is -1.55. The summed E-state index contributed by atoms with van der Waals surface area (Å²) in [6, 6.07) is 5.74. The van der Waals surface area contributed by atoms with Crippen LogP contribution in [0.1, 0.15) is 19.3 Å². The number of ketones is 1. The van der Waals surface area contributed by atoms with Gasteiger partial charge in [0.15, 0.2) is 5.78 Å². The molecule has 1 aliphatic carbocycles. The van der Waals surface area contributed by atoms with Crippen molar-refractivity contribution in [2.45, 2.75) is 36.3 Å². The van der Waals surface area contributed by atoms with Crippen molar-refractivity contribution in [3.05, 3.63) is 41.4 Å². The van der Waals surface area contributed by atoms with E-state index in [9.17, 15) is 18.0 Å². The van der Waals surface area contributed by atoms with Gasteiger partial charge in [-0.15, -0.1) is 6.58 Å². The third-order valence-electron chi connectivity index (χ3n) is 5.48. The van der Waals surface area contributed by atoms with Gasteiger partial charge in [-0.25, -0.2) is 0 Å². The fourth-order valence-electron chi connectivity index (χ4n) is 3.77. The minimum atomic E-state index is -3.90. The van der Waals surface area contributed by atoms with Crippen molar-refractivity contribution in [3.63, 3.8) is 0 Å². The van der Waals surface area contributed by atoms with Crippen LogP contribution in [-0.2, 0) is 28.6 Å². The van der Waals surface area contributed by atoms with Crippen LogP contribution in [0, 0.1) is 11.3 Å². The summed E-state index contributed by atoms with van der Waals surface area (Å²) in [6.07, 6.45) is 2.00. The molecule has 9 heteroatoms. The van der Waals surface area contributed by atoms with Crippen molar-refractivity contribution >= 4 is 37.8 Å². The lowest BCUT2D eigenvalue weighted by Crippen LogP contribution is -2.89. The zero-order valence-corrected chi connectivity index (χ0v) is 17.9. The Morgan fingerprint density at radius 1 is 1.36 bits per heavy atom. The number of quaternary nitrogens is 1. The van der Waals surface area contributed by atoms with E-state index in [1.807, 2.05) is 0 Å². The van der Waals surface area contributed by atoms with Gasteiger partial charge in [0.05, 0.1) is 17.4 Å². The number of methoxy groups -OCH3 is 1. The highest BCUT2D eigenvalue weighted by atomic mass is 79.9. The summed E-state index contributed by atoms with van der Waals surface area (Å²) in [5, 5.41) is 1.78. The first-order valence-electron chi connectivity index (χ1n) is 8.97. The average molecular weight is 473 g/mol. The van der Waals surface area contributed by atoms with E-state index in [0.717, 1.165) is 4.47 Å². The van der Waals surface area contributed by atoms with Gasteiger partial charge in [0.1, 0.15) is 18.7 Å². The van der Waals surface area contributed by atoms with Gasteiger partial charge in [0.2, 0.25) is 0 Å². The fraction of sp³-hybridized carbons (Fsp3) is 0.474. The number of allylic oxidation sites excluding steroid dienone is 1. The maximum atomic E-state index is 12.7. The lowest BCUT2D eigenvalue weighted by atomic mass is 9.92. The predicted octanol–water partition coefficient (Wildman–Crippen LogP) is 1.18. The van der Waals surface area contributed by atoms with Gasteiger partial charge in [0.25, 0.3) is 10.1 Å². The Labute approximate surface area is 172 Å². The summed E-state index contributed by atoms with van der Waals surface area (Å²) in [7, 11) is -2.59. The number of carbonyl (C=O) groups is 2. The summed E-state index contributed by atoms with van der Waals surface area (Å²) in [4.78, 5) is 24.9. The molecule has 7 nitrogen and oxygen atoms in total. The number of Topliss-reactive ketones (excluding diaryl/α,β-unsaturated/α-hetero) is 1. The van der Waals surface area contributed by atoms with Crippen molar-refractivity contribution in [1.29, 1.82) is 0 Å². The molecule has 1 saturated heterocycles. The number of hydrogen-bond acceptors (Lipinski definition) is 6. The summed E-state index contributed by atoms with van der Waals surface area (Å²) < 4.78 is 35.8. The minimum absolute atomic E-state index is 0.0601. The molecular weight excluding hydrogens is 450 g/mol. The van der Waals surface area contributed by atoms with E-state index in [1.54, 1.807) is 23.5 Å². The lowest BCUT2D eigenvalue weighted by molar-refractivity contribution is -0.659. The van der Waals surface area contributed by atoms with Crippen molar-refractivity contribution < 1.29 is 32.2 Å². The molecule has 28 heavy (non-hydrogen) atoms. The zero-order valence-electron chi connectivity index (χ0n) is 15.5. The highest BCUT2D eigenvalue weighted by molar-refractivity contribution is 9.10. The molecule has 1 unspecified atom stereocenters. The second kappa shape index (κ2) is 8.06. The highest BCUT2D eigenvalue weighted by Crippen LogP contribution is 2.57. The molecule has 1 heterocycles. The quantitative estimate of drug-likeness (QED) is 0.346. The number of carbonyl (C=O) groups excluding carboxylic acids is 2. The van der Waals surface area contributed by atoms with Gasteiger partial charge >= 0.3 is 5.97 Å². The number of hydrogen-bond donors (Lipinski definition) is 1. The van der Waals surface area contributed by atoms with Gasteiger partial charge in [-0.2, -0.15) is 8.42 Å². The van der Waals surface area contributed by atoms with Crippen molar-refractivity contribution in [3.8, 4) is 0 Å². The van der Waals surface area contributed by atoms with Crippen LogP contribution in [0.4, 0.5) is 0 Å².